The molecule has 0 aliphatic carbocycles. The van der Waals surface area contributed by atoms with E-state index in [4.69, 9.17) is 0 Å². The first-order chi connectivity index (χ1) is 12.3. The molecule has 0 aliphatic heterocycles. The highest BCUT2D eigenvalue weighted by atomic mass is 19.2. The van der Waals surface area contributed by atoms with Crippen LogP contribution in [0.4, 0.5) is 23.2 Å². The van der Waals surface area contributed by atoms with E-state index in [2.05, 4.69) is 20.8 Å². The largest absolute Gasteiger partial charge is 0.369 e. The standard InChI is InChI=1S/C21H33F4N/c1-5-8-12-26(14-15(4)10-11-16(7-3)9-6-2)18-13-17(22)19(23)21(25)20(18)24/h13,15-16H,5-12,14H2,1-4H3. The Hall–Kier alpha value is -1.26. The normalized spacial score (nSPS) is 13.7. The van der Waals surface area contributed by atoms with Gasteiger partial charge in [-0.1, -0.05) is 59.8 Å². The van der Waals surface area contributed by atoms with Crippen molar-refractivity contribution in [2.24, 2.45) is 11.8 Å². The van der Waals surface area contributed by atoms with Crippen molar-refractivity contribution < 1.29 is 17.6 Å². The molecule has 1 aromatic rings. The molecule has 2 atom stereocenters. The second-order valence-electron chi connectivity index (χ2n) is 7.36. The van der Waals surface area contributed by atoms with E-state index in [9.17, 15) is 17.6 Å². The Balaban J connectivity index is 2.87. The van der Waals surface area contributed by atoms with Gasteiger partial charge in [0.05, 0.1) is 5.69 Å². The molecule has 0 amide bonds. The fourth-order valence-corrected chi connectivity index (χ4v) is 3.40. The topological polar surface area (TPSA) is 3.24 Å². The minimum absolute atomic E-state index is 0.178. The minimum atomic E-state index is -1.75. The molecule has 0 saturated carbocycles. The van der Waals surface area contributed by atoms with Crippen LogP contribution in [0.15, 0.2) is 6.07 Å². The van der Waals surface area contributed by atoms with Gasteiger partial charge in [-0.15, -0.1) is 0 Å². The molecule has 5 heteroatoms. The number of nitrogens with zero attached hydrogens (tertiary/aromatic N) is 1. The molecule has 0 N–H and O–H groups in total. The lowest BCUT2D eigenvalue weighted by Gasteiger charge is -2.29. The van der Waals surface area contributed by atoms with E-state index in [1.807, 2.05) is 6.92 Å². The fraction of sp³-hybridized carbons (Fsp3) is 0.714. The van der Waals surface area contributed by atoms with Gasteiger partial charge in [0.1, 0.15) is 0 Å². The fourth-order valence-electron chi connectivity index (χ4n) is 3.40. The maximum absolute atomic E-state index is 14.2. The molecule has 0 bridgehead atoms. The van der Waals surface area contributed by atoms with Crippen molar-refractivity contribution in [1.29, 1.82) is 0 Å². The van der Waals surface area contributed by atoms with Crippen LogP contribution in [0.1, 0.15) is 72.6 Å². The molecule has 26 heavy (non-hydrogen) atoms. The van der Waals surface area contributed by atoms with Gasteiger partial charge in [-0.3, -0.25) is 0 Å². The summed E-state index contributed by atoms with van der Waals surface area (Å²) in [5.74, 6) is -5.19. The Morgan fingerprint density at radius 2 is 1.58 bits per heavy atom. The average molecular weight is 375 g/mol. The van der Waals surface area contributed by atoms with E-state index in [1.165, 1.54) is 6.42 Å². The van der Waals surface area contributed by atoms with Crippen LogP contribution < -0.4 is 4.90 Å². The second kappa shape index (κ2) is 11.5. The molecular formula is C21H33F4N. The van der Waals surface area contributed by atoms with Crippen LogP contribution in [0.3, 0.4) is 0 Å². The van der Waals surface area contributed by atoms with Crippen LogP contribution in [0.2, 0.25) is 0 Å². The molecule has 2 unspecified atom stereocenters. The van der Waals surface area contributed by atoms with Gasteiger partial charge >= 0.3 is 0 Å². The van der Waals surface area contributed by atoms with Crippen LogP contribution in [0, 0.1) is 35.1 Å². The van der Waals surface area contributed by atoms with Crippen molar-refractivity contribution in [2.75, 3.05) is 18.0 Å². The number of hydrogen-bond donors (Lipinski definition) is 0. The van der Waals surface area contributed by atoms with Crippen molar-refractivity contribution in [3.63, 3.8) is 0 Å². The minimum Gasteiger partial charge on any atom is -0.369 e. The summed E-state index contributed by atoms with van der Waals surface area (Å²) < 4.78 is 54.7. The Morgan fingerprint density at radius 1 is 0.885 bits per heavy atom. The number of anilines is 1. The van der Waals surface area contributed by atoms with E-state index in [1.54, 1.807) is 4.90 Å². The first-order valence-corrected chi connectivity index (χ1v) is 9.93. The predicted octanol–water partition coefficient (Wildman–Crippen LogP) is 7.09. The predicted molar refractivity (Wildman–Crippen MR) is 100 cm³/mol. The number of benzene rings is 1. The molecule has 0 radical (unpaired) electrons. The van der Waals surface area contributed by atoms with Crippen molar-refractivity contribution >= 4 is 5.69 Å². The Bertz CT molecular complexity index is 547. The van der Waals surface area contributed by atoms with Gasteiger partial charge in [-0.2, -0.15) is 0 Å². The summed E-state index contributed by atoms with van der Waals surface area (Å²) in [5.41, 5.74) is -0.178. The lowest BCUT2D eigenvalue weighted by atomic mass is 9.91. The third kappa shape index (κ3) is 6.48. The quantitative estimate of drug-likeness (QED) is 0.214. The zero-order chi connectivity index (χ0) is 19.7. The van der Waals surface area contributed by atoms with Gasteiger partial charge in [0.25, 0.3) is 0 Å². The number of halogens is 4. The summed E-state index contributed by atoms with van der Waals surface area (Å²) in [4.78, 5) is 1.66. The van der Waals surface area contributed by atoms with Gasteiger partial charge in [-0.25, -0.2) is 17.6 Å². The van der Waals surface area contributed by atoms with E-state index < -0.39 is 23.3 Å². The molecule has 1 rings (SSSR count). The van der Waals surface area contributed by atoms with E-state index in [0.717, 1.165) is 44.6 Å². The second-order valence-corrected chi connectivity index (χ2v) is 7.36. The third-order valence-corrected chi connectivity index (χ3v) is 5.08. The van der Waals surface area contributed by atoms with Gasteiger partial charge in [0.2, 0.25) is 0 Å². The number of rotatable bonds is 12. The van der Waals surface area contributed by atoms with Crippen LogP contribution in [-0.4, -0.2) is 13.1 Å². The molecule has 0 saturated heterocycles. The SMILES string of the molecule is CCCCN(CC(C)CCC(CC)CCC)c1cc(F)c(F)c(F)c1F. The molecule has 0 spiro atoms. The molecular weight excluding hydrogens is 342 g/mol. The van der Waals surface area contributed by atoms with Crippen molar-refractivity contribution in [3.8, 4) is 0 Å². The Kier molecular flexibility index (Phi) is 10.0. The smallest absolute Gasteiger partial charge is 0.199 e. The molecule has 0 heterocycles. The summed E-state index contributed by atoms with van der Waals surface area (Å²) in [5, 5.41) is 0. The zero-order valence-electron chi connectivity index (χ0n) is 16.6. The summed E-state index contributed by atoms with van der Waals surface area (Å²) in [6.45, 7) is 9.45. The first-order valence-electron chi connectivity index (χ1n) is 9.93. The summed E-state index contributed by atoms with van der Waals surface area (Å²) in [6, 6.07) is 0.780. The van der Waals surface area contributed by atoms with Crippen molar-refractivity contribution in [1.82, 2.24) is 0 Å². The van der Waals surface area contributed by atoms with E-state index in [-0.39, 0.29) is 11.6 Å². The van der Waals surface area contributed by atoms with Gasteiger partial charge in [0, 0.05) is 19.2 Å². The molecule has 150 valence electrons. The van der Waals surface area contributed by atoms with E-state index in [0.29, 0.717) is 19.0 Å². The van der Waals surface area contributed by atoms with Crippen LogP contribution in [0.25, 0.3) is 0 Å². The Labute approximate surface area is 155 Å². The molecule has 1 nitrogen and oxygen atoms in total. The van der Waals surface area contributed by atoms with Gasteiger partial charge in [-0.05, 0) is 24.7 Å². The van der Waals surface area contributed by atoms with Gasteiger partial charge < -0.3 is 4.90 Å². The van der Waals surface area contributed by atoms with Crippen molar-refractivity contribution in [2.45, 2.75) is 72.6 Å². The average Bonchev–Trinajstić information content (AvgIpc) is 2.63. The number of hydrogen-bond acceptors (Lipinski definition) is 1. The lowest BCUT2D eigenvalue weighted by molar-refractivity contribution is 0.373. The van der Waals surface area contributed by atoms with Gasteiger partial charge in [0.15, 0.2) is 23.3 Å². The highest BCUT2D eigenvalue weighted by Crippen LogP contribution is 2.28. The zero-order valence-corrected chi connectivity index (χ0v) is 16.6. The highest BCUT2D eigenvalue weighted by Gasteiger charge is 2.23. The maximum Gasteiger partial charge on any atom is 0.199 e. The molecule has 1 aromatic carbocycles. The summed E-state index contributed by atoms with van der Waals surface area (Å²) in [7, 11) is 0. The monoisotopic (exact) mass is 375 g/mol. The number of unbranched alkanes of at least 4 members (excludes halogenated alkanes) is 1. The third-order valence-electron chi connectivity index (χ3n) is 5.08. The van der Waals surface area contributed by atoms with E-state index >= 15 is 0 Å². The Morgan fingerprint density at radius 3 is 2.15 bits per heavy atom. The molecule has 0 aliphatic rings. The first kappa shape index (κ1) is 22.8. The summed E-state index contributed by atoms with van der Waals surface area (Å²) >= 11 is 0. The highest BCUT2D eigenvalue weighted by molar-refractivity contribution is 5.49. The van der Waals surface area contributed by atoms with Crippen molar-refractivity contribution in [3.05, 3.63) is 29.3 Å². The van der Waals surface area contributed by atoms with Crippen LogP contribution >= 0.6 is 0 Å². The molecule has 0 aromatic heterocycles. The summed E-state index contributed by atoms with van der Waals surface area (Å²) in [6.07, 6.45) is 7.24. The van der Waals surface area contributed by atoms with Crippen LogP contribution in [-0.2, 0) is 0 Å². The van der Waals surface area contributed by atoms with Crippen LogP contribution in [0.5, 0.6) is 0 Å². The molecule has 0 fully saturated rings. The maximum atomic E-state index is 14.2. The lowest BCUT2D eigenvalue weighted by Crippen LogP contribution is -2.31.